The molecule has 110 valence electrons. The molecule has 3 N–H and O–H groups in total. The fourth-order valence-electron chi connectivity index (χ4n) is 2.93. The molecule has 3 nitrogen and oxygen atoms in total. The molecule has 1 aliphatic carbocycles. The highest BCUT2D eigenvalue weighted by Crippen LogP contribution is 2.25. The molecule has 1 unspecified atom stereocenters. The van der Waals surface area contributed by atoms with Crippen LogP contribution in [0.1, 0.15) is 56.9 Å². The number of rotatable bonds is 5. The zero-order valence-corrected chi connectivity index (χ0v) is 13.5. The number of nitrogens with two attached hydrogens (primary N) is 1. The number of pyridine rings is 1. The first kappa shape index (κ1) is 15.2. The van der Waals surface area contributed by atoms with E-state index in [1.165, 1.54) is 24.1 Å². The Balaban J connectivity index is 2.28. The summed E-state index contributed by atoms with van der Waals surface area (Å²) in [5.41, 5.74) is 9.31. The molecular weight excluding hydrogens is 266 g/mol. The molecule has 0 amide bonds. The van der Waals surface area contributed by atoms with Gasteiger partial charge in [0.15, 0.2) is 0 Å². The van der Waals surface area contributed by atoms with Crippen molar-refractivity contribution in [2.45, 2.75) is 58.9 Å². The Morgan fingerprint density at radius 3 is 2.70 bits per heavy atom. The Labute approximate surface area is 127 Å². The molecule has 1 heterocycles. The maximum absolute atomic E-state index is 5.88. The maximum Gasteiger partial charge on any atom is 0.136 e. The van der Waals surface area contributed by atoms with Crippen molar-refractivity contribution in [2.75, 3.05) is 5.32 Å². The molecular formula is C16H25N3S. The van der Waals surface area contributed by atoms with Crippen LogP contribution in [-0.2, 0) is 12.8 Å². The number of aryl methyl sites for hydroxylation is 2. The third kappa shape index (κ3) is 3.69. The monoisotopic (exact) mass is 291 g/mol. The predicted octanol–water partition coefficient (Wildman–Crippen LogP) is 3.44. The molecule has 1 aromatic heterocycles. The zero-order valence-electron chi connectivity index (χ0n) is 12.7. The minimum atomic E-state index is 0.372. The average Bonchev–Trinajstić information content (AvgIpc) is 2.36. The van der Waals surface area contributed by atoms with Gasteiger partial charge in [-0.1, -0.05) is 26.1 Å². The topological polar surface area (TPSA) is 50.9 Å². The van der Waals surface area contributed by atoms with Gasteiger partial charge in [0.05, 0.1) is 5.56 Å². The lowest BCUT2D eigenvalue weighted by molar-refractivity contribution is 0.538. The van der Waals surface area contributed by atoms with Crippen LogP contribution in [0.4, 0.5) is 5.82 Å². The Bertz CT molecular complexity index is 497. The van der Waals surface area contributed by atoms with Crippen LogP contribution in [0.15, 0.2) is 6.07 Å². The standard InChI is InChI=1S/C16H25N3S/c1-10(2)8-11(3)18-16-13(15(17)20)9-12-6-4-5-7-14(12)19-16/h9-11H,4-8H2,1-3H3,(H2,17,20)(H,18,19). The fourth-order valence-corrected chi connectivity index (χ4v) is 3.09. The summed E-state index contributed by atoms with van der Waals surface area (Å²) in [4.78, 5) is 5.24. The fraction of sp³-hybridized carbons (Fsp3) is 0.625. The first-order chi connectivity index (χ1) is 9.47. The van der Waals surface area contributed by atoms with Gasteiger partial charge in [-0.3, -0.25) is 0 Å². The molecule has 1 aliphatic rings. The van der Waals surface area contributed by atoms with Crippen LogP contribution in [0.2, 0.25) is 0 Å². The number of thiocarbonyl (C=S) groups is 1. The van der Waals surface area contributed by atoms with Gasteiger partial charge in [0.25, 0.3) is 0 Å². The first-order valence-corrected chi connectivity index (χ1v) is 7.97. The number of nitrogens with zero attached hydrogens (tertiary/aromatic N) is 1. The van der Waals surface area contributed by atoms with Gasteiger partial charge in [-0.25, -0.2) is 4.98 Å². The Kier molecular flexibility index (Phi) is 4.97. The molecule has 0 aliphatic heterocycles. The van der Waals surface area contributed by atoms with Crippen LogP contribution < -0.4 is 11.1 Å². The molecule has 0 saturated heterocycles. The zero-order chi connectivity index (χ0) is 14.7. The van der Waals surface area contributed by atoms with E-state index < -0.39 is 0 Å². The van der Waals surface area contributed by atoms with Crippen molar-refractivity contribution in [3.63, 3.8) is 0 Å². The Morgan fingerprint density at radius 1 is 1.35 bits per heavy atom. The normalized spacial score (nSPS) is 15.8. The number of anilines is 1. The van der Waals surface area contributed by atoms with Crippen LogP contribution in [0.5, 0.6) is 0 Å². The smallest absolute Gasteiger partial charge is 0.136 e. The molecule has 0 aromatic carbocycles. The van der Waals surface area contributed by atoms with Crippen LogP contribution in [0.3, 0.4) is 0 Å². The van der Waals surface area contributed by atoms with Gasteiger partial charge < -0.3 is 11.1 Å². The van der Waals surface area contributed by atoms with Gasteiger partial charge in [-0.05, 0) is 56.6 Å². The van der Waals surface area contributed by atoms with Gasteiger partial charge in [-0.15, -0.1) is 0 Å². The predicted molar refractivity (Wildman–Crippen MR) is 89.3 cm³/mol. The minimum Gasteiger partial charge on any atom is -0.389 e. The molecule has 0 fully saturated rings. The largest absolute Gasteiger partial charge is 0.389 e. The second-order valence-corrected chi connectivity index (χ2v) is 6.68. The van der Waals surface area contributed by atoms with Crippen molar-refractivity contribution < 1.29 is 0 Å². The SMILES string of the molecule is CC(C)CC(C)Nc1nc2c(cc1C(N)=S)CCCC2. The summed E-state index contributed by atoms with van der Waals surface area (Å²) in [6.45, 7) is 6.64. The summed E-state index contributed by atoms with van der Waals surface area (Å²) in [5, 5.41) is 3.49. The van der Waals surface area contributed by atoms with Crippen LogP contribution in [0.25, 0.3) is 0 Å². The Hall–Kier alpha value is -1.16. The lowest BCUT2D eigenvalue weighted by atomic mass is 9.94. The van der Waals surface area contributed by atoms with E-state index in [-0.39, 0.29) is 0 Å². The highest BCUT2D eigenvalue weighted by Gasteiger charge is 2.17. The summed E-state index contributed by atoms with van der Waals surface area (Å²) in [6, 6.07) is 2.52. The van der Waals surface area contributed by atoms with Gasteiger partial charge in [-0.2, -0.15) is 0 Å². The van der Waals surface area contributed by atoms with Crippen LogP contribution in [0, 0.1) is 5.92 Å². The minimum absolute atomic E-state index is 0.372. The summed E-state index contributed by atoms with van der Waals surface area (Å²) in [7, 11) is 0. The number of hydrogen-bond donors (Lipinski definition) is 2. The van der Waals surface area contributed by atoms with Crippen molar-refractivity contribution in [1.29, 1.82) is 0 Å². The van der Waals surface area contributed by atoms with Gasteiger partial charge >= 0.3 is 0 Å². The van der Waals surface area contributed by atoms with E-state index in [1.807, 2.05) is 0 Å². The quantitative estimate of drug-likeness (QED) is 0.816. The second-order valence-electron chi connectivity index (χ2n) is 6.24. The van der Waals surface area contributed by atoms with E-state index in [2.05, 4.69) is 32.2 Å². The summed E-state index contributed by atoms with van der Waals surface area (Å²) >= 11 is 5.19. The maximum atomic E-state index is 5.88. The number of nitrogens with one attached hydrogen (secondary N) is 1. The van der Waals surface area contributed by atoms with E-state index in [9.17, 15) is 0 Å². The highest BCUT2D eigenvalue weighted by molar-refractivity contribution is 7.80. The molecule has 1 atom stereocenters. The summed E-state index contributed by atoms with van der Waals surface area (Å²) in [6.07, 6.45) is 5.74. The highest BCUT2D eigenvalue weighted by atomic mass is 32.1. The van der Waals surface area contributed by atoms with Crippen molar-refractivity contribution in [3.05, 3.63) is 22.9 Å². The van der Waals surface area contributed by atoms with Gasteiger partial charge in [0, 0.05) is 11.7 Å². The lowest BCUT2D eigenvalue weighted by Crippen LogP contribution is -2.23. The van der Waals surface area contributed by atoms with Gasteiger partial charge in [0.2, 0.25) is 0 Å². The molecule has 2 rings (SSSR count). The van der Waals surface area contributed by atoms with E-state index in [1.54, 1.807) is 0 Å². The molecule has 1 aromatic rings. The molecule has 0 radical (unpaired) electrons. The van der Waals surface area contributed by atoms with Gasteiger partial charge in [0.1, 0.15) is 10.8 Å². The molecule has 20 heavy (non-hydrogen) atoms. The number of hydrogen-bond acceptors (Lipinski definition) is 3. The number of aromatic nitrogens is 1. The van der Waals surface area contributed by atoms with E-state index in [4.69, 9.17) is 22.9 Å². The third-order valence-corrected chi connectivity index (χ3v) is 3.99. The van der Waals surface area contributed by atoms with Crippen molar-refractivity contribution in [3.8, 4) is 0 Å². The van der Waals surface area contributed by atoms with E-state index in [0.29, 0.717) is 16.9 Å². The van der Waals surface area contributed by atoms with Crippen molar-refractivity contribution >= 4 is 23.0 Å². The average molecular weight is 291 g/mol. The molecule has 0 saturated carbocycles. The Morgan fingerprint density at radius 2 is 2.05 bits per heavy atom. The number of fused-ring (bicyclic) bond motifs is 1. The van der Waals surface area contributed by atoms with E-state index >= 15 is 0 Å². The van der Waals surface area contributed by atoms with E-state index in [0.717, 1.165) is 30.6 Å². The first-order valence-electron chi connectivity index (χ1n) is 7.56. The second kappa shape index (κ2) is 6.53. The third-order valence-electron chi connectivity index (χ3n) is 3.77. The summed E-state index contributed by atoms with van der Waals surface area (Å²) < 4.78 is 0. The molecule has 0 spiro atoms. The lowest BCUT2D eigenvalue weighted by Gasteiger charge is -2.22. The summed E-state index contributed by atoms with van der Waals surface area (Å²) in [5.74, 6) is 1.52. The van der Waals surface area contributed by atoms with Crippen LogP contribution in [-0.4, -0.2) is 16.0 Å². The molecule has 4 heteroatoms. The van der Waals surface area contributed by atoms with Crippen molar-refractivity contribution in [1.82, 2.24) is 4.98 Å². The molecule has 0 bridgehead atoms. The van der Waals surface area contributed by atoms with Crippen LogP contribution >= 0.6 is 12.2 Å². The van der Waals surface area contributed by atoms with Crippen molar-refractivity contribution in [2.24, 2.45) is 11.7 Å².